The van der Waals surface area contributed by atoms with E-state index in [9.17, 15) is 8.42 Å². The number of rotatable bonds is 11. The molecule has 0 spiro atoms. The second kappa shape index (κ2) is 14.4. The summed E-state index contributed by atoms with van der Waals surface area (Å²) >= 11 is 6.43. The van der Waals surface area contributed by atoms with Crippen molar-refractivity contribution in [2.45, 2.75) is 26.8 Å². The van der Waals surface area contributed by atoms with Crippen LogP contribution >= 0.6 is 35.6 Å². The first-order chi connectivity index (χ1) is 12.8. The van der Waals surface area contributed by atoms with Gasteiger partial charge in [-0.05, 0) is 31.6 Å². The normalized spacial score (nSPS) is 13.1. The largest absolute Gasteiger partial charge is 0.357 e. The van der Waals surface area contributed by atoms with Crippen LogP contribution in [0.1, 0.15) is 32.4 Å². The number of hydrogen-bond donors (Lipinski definition) is 3. The summed E-state index contributed by atoms with van der Waals surface area (Å²) in [7, 11) is -3.19. The number of halogens is 2. The molecule has 0 aliphatic heterocycles. The van der Waals surface area contributed by atoms with Crippen LogP contribution < -0.4 is 15.4 Å². The standard InChI is InChI=1S/C18H32ClN5O2S.HI/c1-5-20-18(21-12-13-23-27(4,25)26)22-14-17(24(6-2)7-3)15-10-8-9-11-16(15)19;/h8-11,17,23H,5-7,12-14H2,1-4H3,(H2,20,21,22);1H. The minimum atomic E-state index is -3.19. The molecule has 0 bridgehead atoms. The number of guanidine groups is 1. The molecule has 1 aromatic rings. The summed E-state index contributed by atoms with van der Waals surface area (Å²) in [5.74, 6) is 0.650. The Hall–Kier alpha value is -0.620. The first-order valence-corrected chi connectivity index (χ1v) is 11.5. The van der Waals surface area contributed by atoms with Crippen molar-refractivity contribution in [2.75, 3.05) is 45.5 Å². The van der Waals surface area contributed by atoms with Crippen LogP contribution in [0.25, 0.3) is 0 Å². The smallest absolute Gasteiger partial charge is 0.208 e. The molecule has 3 N–H and O–H groups in total. The molecule has 0 radical (unpaired) electrons. The fourth-order valence-electron chi connectivity index (χ4n) is 2.76. The molecule has 0 aliphatic rings. The van der Waals surface area contributed by atoms with Crippen LogP contribution in [0.4, 0.5) is 0 Å². The second-order valence-corrected chi connectivity index (χ2v) is 8.31. The number of aliphatic imine (C=N–C) groups is 1. The van der Waals surface area contributed by atoms with Gasteiger partial charge in [0, 0.05) is 24.7 Å². The minimum absolute atomic E-state index is 0. The zero-order valence-electron chi connectivity index (χ0n) is 17.0. The number of nitrogens with one attached hydrogen (secondary N) is 3. The molecule has 162 valence electrons. The van der Waals surface area contributed by atoms with Gasteiger partial charge in [0.15, 0.2) is 5.96 Å². The Morgan fingerprint density at radius 3 is 2.32 bits per heavy atom. The molecule has 0 fully saturated rings. The highest BCUT2D eigenvalue weighted by Crippen LogP contribution is 2.27. The molecule has 28 heavy (non-hydrogen) atoms. The zero-order chi connectivity index (χ0) is 20.3. The summed E-state index contributed by atoms with van der Waals surface area (Å²) in [6, 6.07) is 7.92. The van der Waals surface area contributed by atoms with Crippen molar-refractivity contribution >= 4 is 51.6 Å². The summed E-state index contributed by atoms with van der Waals surface area (Å²) < 4.78 is 24.7. The predicted octanol–water partition coefficient (Wildman–Crippen LogP) is 2.45. The maximum atomic E-state index is 11.1. The first kappa shape index (κ1) is 27.4. The lowest BCUT2D eigenvalue weighted by Gasteiger charge is -2.29. The highest BCUT2D eigenvalue weighted by Gasteiger charge is 2.20. The van der Waals surface area contributed by atoms with Crippen molar-refractivity contribution in [1.82, 2.24) is 20.3 Å². The van der Waals surface area contributed by atoms with Gasteiger partial charge in [0.1, 0.15) is 0 Å². The third-order valence-corrected chi connectivity index (χ3v) is 5.14. The predicted molar refractivity (Wildman–Crippen MR) is 129 cm³/mol. The van der Waals surface area contributed by atoms with Crippen LogP contribution in [0.3, 0.4) is 0 Å². The molecule has 1 atom stereocenters. The van der Waals surface area contributed by atoms with E-state index in [1.165, 1.54) is 0 Å². The molecule has 1 aromatic carbocycles. The topological polar surface area (TPSA) is 85.8 Å². The Morgan fingerprint density at radius 2 is 1.79 bits per heavy atom. The summed E-state index contributed by atoms with van der Waals surface area (Å²) in [6.07, 6.45) is 1.14. The van der Waals surface area contributed by atoms with Crippen LogP contribution in [0.2, 0.25) is 5.02 Å². The first-order valence-electron chi connectivity index (χ1n) is 9.27. The Kier molecular flexibility index (Phi) is 14.1. The maximum Gasteiger partial charge on any atom is 0.208 e. The molecule has 0 aromatic heterocycles. The van der Waals surface area contributed by atoms with E-state index in [4.69, 9.17) is 16.6 Å². The quantitative estimate of drug-likeness (QED) is 0.172. The molecule has 1 unspecified atom stereocenters. The van der Waals surface area contributed by atoms with E-state index in [0.29, 0.717) is 32.1 Å². The van der Waals surface area contributed by atoms with Gasteiger partial charge in [-0.3, -0.25) is 9.89 Å². The molecule has 0 aliphatic carbocycles. The molecular weight excluding hydrogens is 513 g/mol. The third kappa shape index (κ3) is 10.2. The van der Waals surface area contributed by atoms with E-state index in [1.807, 2.05) is 31.2 Å². The van der Waals surface area contributed by atoms with E-state index in [0.717, 1.165) is 29.9 Å². The van der Waals surface area contributed by atoms with Gasteiger partial charge in [0.2, 0.25) is 10.0 Å². The van der Waals surface area contributed by atoms with Crippen LogP contribution in [-0.4, -0.2) is 64.8 Å². The second-order valence-electron chi connectivity index (χ2n) is 6.07. The average molecular weight is 546 g/mol. The van der Waals surface area contributed by atoms with Gasteiger partial charge < -0.3 is 10.6 Å². The highest BCUT2D eigenvalue weighted by atomic mass is 127. The Labute approximate surface area is 191 Å². The van der Waals surface area contributed by atoms with E-state index >= 15 is 0 Å². The number of sulfonamides is 1. The Balaban J connectivity index is 0.00000729. The highest BCUT2D eigenvalue weighted by molar-refractivity contribution is 14.0. The molecule has 0 heterocycles. The van der Waals surface area contributed by atoms with E-state index in [1.54, 1.807) is 0 Å². The molecule has 1 rings (SSSR count). The summed E-state index contributed by atoms with van der Waals surface area (Å²) in [4.78, 5) is 7.02. The maximum absolute atomic E-state index is 11.1. The Bertz CT molecular complexity index is 699. The van der Waals surface area contributed by atoms with Crippen molar-refractivity contribution in [1.29, 1.82) is 0 Å². The number of benzene rings is 1. The van der Waals surface area contributed by atoms with Crippen molar-refractivity contribution in [3.8, 4) is 0 Å². The fourth-order valence-corrected chi connectivity index (χ4v) is 3.49. The van der Waals surface area contributed by atoms with Gasteiger partial charge in [0.05, 0.1) is 18.8 Å². The van der Waals surface area contributed by atoms with Crippen LogP contribution in [-0.2, 0) is 10.0 Å². The molecule has 7 nitrogen and oxygen atoms in total. The van der Waals surface area contributed by atoms with E-state index < -0.39 is 10.0 Å². The van der Waals surface area contributed by atoms with Gasteiger partial charge >= 0.3 is 0 Å². The lowest BCUT2D eigenvalue weighted by Crippen LogP contribution is -2.42. The van der Waals surface area contributed by atoms with Gasteiger partial charge in [-0.25, -0.2) is 13.1 Å². The summed E-state index contributed by atoms with van der Waals surface area (Å²) in [5, 5.41) is 7.07. The van der Waals surface area contributed by atoms with Gasteiger partial charge in [-0.2, -0.15) is 0 Å². The van der Waals surface area contributed by atoms with Crippen LogP contribution in [0, 0.1) is 0 Å². The number of nitrogens with zero attached hydrogens (tertiary/aromatic N) is 2. The number of likely N-dealkylation sites (N-methyl/N-ethyl adjacent to an activating group) is 1. The van der Waals surface area contributed by atoms with Crippen LogP contribution in [0.15, 0.2) is 29.3 Å². The number of hydrogen-bond acceptors (Lipinski definition) is 4. The molecule has 0 saturated carbocycles. The van der Waals surface area contributed by atoms with Gasteiger partial charge in [-0.15, -0.1) is 24.0 Å². The van der Waals surface area contributed by atoms with Gasteiger partial charge in [0.25, 0.3) is 0 Å². The molecule has 0 saturated heterocycles. The monoisotopic (exact) mass is 545 g/mol. The van der Waals surface area contributed by atoms with Crippen molar-refractivity contribution in [2.24, 2.45) is 4.99 Å². The third-order valence-electron chi connectivity index (χ3n) is 4.07. The molecule has 10 heteroatoms. The lowest BCUT2D eigenvalue weighted by molar-refractivity contribution is 0.224. The van der Waals surface area contributed by atoms with Crippen molar-refractivity contribution < 1.29 is 8.42 Å². The minimum Gasteiger partial charge on any atom is -0.357 e. The van der Waals surface area contributed by atoms with Crippen molar-refractivity contribution in [3.05, 3.63) is 34.9 Å². The Morgan fingerprint density at radius 1 is 1.14 bits per heavy atom. The average Bonchev–Trinajstić information content (AvgIpc) is 2.62. The lowest BCUT2D eigenvalue weighted by atomic mass is 10.1. The summed E-state index contributed by atoms with van der Waals surface area (Å²) in [5.41, 5.74) is 1.06. The molecule has 0 amide bonds. The summed E-state index contributed by atoms with van der Waals surface area (Å²) in [6.45, 7) is 10.0. The van der Waals surface area contributed by atoms with Crippen LogP contribution in [0.5, 0.6) is 0 Å². The fraction of sp³-hybridized carbons (Fsp3) is 0.611. The molecular formula is C18H33ClIN5O2S. The van der Waals surface area contributed by atoms with E-state index in [2.05, 4.69) is 34.1 Å². The van der Waals surface area contributed by atoms with E-state index in [-0.39, 0.29) is 30.0 Å². The SMILES string of the molecule is CCNC(=NCC(c1ccccc1Cl)N(CC)CC)NCCNS(C)(=O)=O.I. The van der Waals surface area contributed by atoms with Gasteiger partial charge in [-0.1, -0.05) is 43.6 Å². The van der Waals surface area contributed by atoms with Crippen molar-refractivity contribution in [3.63, 3.8) is 0 Å². The zero-order valence-corrected chi connectivity index (χ0v) is 20.9.